The summed E-state index contributed by atoms with van der Waals surface area (Å²) in [5, 5.41) is 2.83. The third-order valence-electron chi connectivity index (χ3n) is 6.17. The summed E-state index contributed by atoms with van der Waals surface area (Å²) in [7, 11) is 0. The summed E-state index contributed by atoms with van der Waals surface area (Å²) in [6.07, 6.45) is 7.08. The van der Waals surface area contributed by atoms with Crippen LogP contribution in [0, 0.1) is 11.8 Å². The average molecular weight is 473 g/mol. The van der Waals surface area contributed by atoms with Crippen molar-refractivity contribution < 1.29 is 23.9 Å². The maximum Gasteiger partial charge on any atom is 0.410 e. The molecule has 34 heavy (non-hydrogen) atoms. The zero-order valence-electron chi connectivity index (χ0n) is 20.4. The van der Waals surface area contributed by atoms with Gasteiger partial charge in [0.1, 0.15) is 5.60 Å². The first-order valence-corrected chi connectivity index (χ1v) is 12.1. The predicted molar refractivity (Wildman–Crippen MR) is 125 cm³/mol. The topological polar surface area (TPSA) is 109 Å². The van der Waals surface area contributed by atoms with Crippen LogP contribution < -0.4 is 5.32 Å². The molecule has 2 heterocycles. The Hall–Kier alpha value is -2.97. The normalized spacial score (nSPS) is 20.1. The highest BCUT2D eigenvalue weighted by Gasteiger charge is 2.47. The number of amides is 4. The molecular weight excluding hydrogens is 436 g/mol. The lowest BCUT2D eigenvalue weighted by molar-refractivity contribution is -0.140. The van der Waals surface area contributed by atoms with E-state index in [1.807, 2.05) is 32.9 Å². The van der Waals surface area contributed by atoms with Crippen LogP contribution in [-0.4, -0.2) is 63.8 Å². The van der Waals surface area contributed by atoms with E-state index in [1.165, 1.54) is 4.90 Å². The van der Waals surface area contributed by atoms with E-state index in [4.69, 9.17) is 4.74 Å². The summed E-state index contributed by atoms with van der Waals surface area (Å²) in [6, 6.07) is 3.71. The van der Waals surface area contributed by atoms with Crippen molar-refractivity contribution in [2.75, 3.05) is 19.6 Å². The number of hydrogen-bond donors (Lipinski definition) is 1. The van der Waals surface area contributed by atoms with E-state index in [1.54, 1.807) is 17.3 Å². The first-order valence-electron chi connectivity index (χ1n) is 12.1. The van der Waals surface area contributed by atoms with E-state index in [0.29, 0.717) is 26.1 Å². The Labute approximate surface area is 201 Å². The zero-order valence-corrected chi connectivity index (χ0v) is 20.4. The van der Waals surface area contributed by atoms with E-state index in [2.05, 4.69) is 10.3 Å². The van der Waals surface area contributed by atoms with E-state index < -0.39 is 11.7 Å². The fourth-order valence-corrected chi connectivity index (χ4v) is 4.52. The SMILES string of the molecule is CC(C)(C)OC(=O)N(CCCNC(=O)CCN1C(=O)C2CCCCC2C1=O)Cc1cccnc1. The molecule has 9 nitrogen and oxygen atoms in total. The van der Waals surface area contributed by atoms with Crippen molar-refractivity contribution in [3.8, 4) is 0 Å². The molecular formula is C25H36N4O5. The van der Waals surface area contributed by atoms with E-state index >= 15 is 0 Å². The van der Waals surface area contributed by atoms with Gasteiger partial charge in [0.05, 0.1) is 18.4 Å². The molecule has 1 aromatic rings. The van der Waals surface area contributed by atoms with Crippen LogP contribution in [0.3, 0.4) is 0 Å². The molecule has 1 saturated heterocycles. The lowest BCUT2D eigenvalue weighted by Crippen LogP contribution is -2.38. The van der Waals surface area contributed by atoms with Gasteiger partial charge in [-0.2, -0.15) is 0 Å². The maximum atomic E-state index is 12.6. The van der Waals surface area contributed by atoms with Crippen molar-refractivity contribution in [3.05, 3.63) is 30.1 Å². The number of likely N-dealkylation sites (tertiary alicyclic amines) is 1. The Morgan fingerprint density at radius 3 is 2.44 bits per heavy atom. The monoisotopic (exact) mass is 472 g/mol. The molecule has 0 spiro atoms. The van der Waals surface area contributed by atoms with Gasteiger partial charge in [0.25, 0.3) is 0 Å². The van der Waals surface area contributed by atoms with Crippen molar-refractivity contribution in [3.63, 3.8) is 0 Å². The summed E-state index contributed by atoms with van der Waals surface area (Å²) in [5.74, 6) is -0.839. The van der Waals surface area contributed by atoms with E-state index in [9.17, 15) is 19.2 Å². The first-order chi connectivity index (χ1) is 16.2. The smallest absolute Gasteiger partial charge is 0.410 e. The predicted octanol–water partition coefficient (Wildman–Crippen LogP) is 2.89. The Kier molecular flexibility index (Phi) is 8.63. The molecule has 1 aromatic heterocycles. The Bertz CT molecular complexity index is 859. The highest BCUT2D eigenvalue weighted by atomic mass is 16.6. The standard InChI is InChI=1S/C25H36N4O5/c1-25(2,3)34-24(33)28(17-18-8-6-12-26-16-18)14-7-13-27-21(30)11-15-29-22(31)19-9-4-5-10-20(19)23(29)32/h6,8,12,16,19-20H,4-5,7,9-11,13-15,17H2,1-3H3,(H,27,30). The lowest BCUT2D eigenvalue weighted by atomic mass is 9.81. The second kappa shape index (κ2) is 11.4. The number of pyridine rings is 1. The van der Waals surface area contributed by atoms with Crippen LogP contribution in [0.5, 0.6) is 0 Å². The lowest BCUT2D eigenvalue weighted by Gasteiger charge is -2.27. The maximum absolute atomic E-state index is 12.6. The van der Waals surface area contributed by atoms with Gasteiger partial charge < -0.3 is 15.0 Å². The largest absolute Gasteiger partial charge is 0.444 e. The Balaban J connectivity index is 1.43. The van der Waals surface area contributed by atoms with Crippen LogP contribution in [-0.2, 0) is 25.7 Å². The Morgan fingerprint density at radius 2 is 1.85 bits per heavy atom. The van der Waals surface area contributed by atoms with Gasteiger partial charge in [-0.25, -0.2) is 4.79 Å². The molecule has 3 rings (SSSR count). The number of nitrogens with zero attached hydrogens (tertiary/aromatic N) is 3. The van der Waals surface area contributed by atoms with Crippen LogP contribution in [0.1, 0.15) is 64.9 Å². The molecule has 1 aliphatic carbocycles. The molecule has 2 aliphatic rings. The van der Waals surface area contributed by atoms with Crippen LogP contribution >= 0.6 is 0 Å². The molecule has 4 amide bonds. The van der Waals surface area contributed by atoms with Crippen LogP contribution in [0.15, 0.2) is 24.5 Å². The van der Waals surface area contributed by atoms with Crippen LogP contribution in [0.25, 0.3) is 0 Å². The van der Waals surface area contributed by atoms with Gasteiger partial charge in [-0.3, -0.25) is 24.3 Å². The molecule has 1 aliphatic heterocycles. The van der Waals surface area contributed by atoms with Crippen LogP contribution in [0.2, 0.25) is 0 Å². The number of carbonyl (C=O) groups excluding carboxylic acids is 4. The number of aromatic nitrogens is 1. The number of carbonyl (C=O) groups is 4. The molecule has 0 bridgehead atoms. The van der Waals surface area contributed by atoms with Crippen molar-refractivity contribution in [1.29, 1.82) is 0 Å². The van der Waals surface area contributed by atoms with Gasteiger partial charge in [0.2, 0.25) is 17.7 Å². The second-order valence-corrected chi connectivity index (χ2v) is 10.0. The van der Waals surface area contributed by atoms with Gasteiger partial charge in [-0.15, -0.1) is 0 Å². The fourth-order valence-electron chi connectivity index (χ4n) is 4.52. The van der Waals surface area contributed by atoms with Crippen molar-refractivity contribution in [1.82, 2.24) is 20.1 Å². The summed E-state index contributed by atoms with van der Waals surface area (Å²) in [4.78, 5) is 57.0. The summed E-state index contributed by atoms with van der Waals surface area (Å²) in [6.45, 7) is 6.71. The van der Waals surface area contributed by atoms with E-state index in [-0.39, 0.29) is 42.5 Å². The number of ether oxygens (including phenoxy) is 1. The fraction of sp³-hybridized carbons (Fsp3) is 0.640. The van der Waals surface area contributed by atoms with Gasteiger partial charge in [-0.05, 0) is 51.7 Å². The van der Waals surface area contributed by atoms with Crippen molar-refractivity contribution in [2.45, 2.75) is 71.4 Å². The van der Waals surface area contributed by atoms with Gasteiger partial charge in [0, 0.05) is 38.4 Å². The van der Waals surface area contributed by atoms with Gasteiger partial charge >= 0.3 is 6.09 Å². The molecule has 2 unspecified atom stereocenters. The minimum atomic E-state index is -0.611. The number of imide groups is 1. The molecule has 9 heteroatoms. The molecule has 1 saturated carbocycles. The molecule has 186 valence electrons. The van der Waals surface area contributed by atoms with Crippen molar-refractivity contribution in [2.24, 2.45) is 11.8 Å². The third kappa shape index (κ3) is 7.01. The van der Waals surface area contributed by atoms with E-state index in [0.717, 1.165) is 31.2 Å². The molecule has 0 radical (unpaired) electrons. The minimum Gasteiger partial charge on any atom is -0.444 e. The van der Waals surface area contributed by atoms with Crippen LogP contribution in [0.4, 0.5) is 4.79 Å². The number of rotatable bonds is 9. The second-order valence-electron chi connectivity index (χ2n) is 10.0. The zero-order chi connectivity index (χ0) is 24.7. The third-order valence-corrected chi connectivity index (χ3v) is 6.17. The minimum absolute atomic E-state index is 0.0857. The van der Waals surface area contributed by atoms with Crippen molar-refractivity contribution >= 4 is 23.8 Å². The number of fused-ring (bicyclic) bond motifs is 1. The first kappa shape index (κ1) is 25.6. The molecule has 0 aromatic carbocycles. The summed E-state index contributed by atoms with van der Waals surface area (Å²) >= 11 is 0. The quantitative estimate of drug-likeness (QED) is 0.437. The summed E-state index contributed by atoms with van der Waals surface area (Å²) in [5.41, 5.74) is 0.276. The summed E-state index contributed by atoms with van der Waals surface area (Å²) < 4.78 is 5.52. The molecule has 1 N–H and O–H groups in total. The molecule has 2 atom stereocenters. The molecule has 2 fully saturated rings. The highest BCUT2D eigenvalue weighted by molar-refractivity contribution is 6.05. The van der Waals surface area contributed by atoms with Gasteiger partial charge in [-0.1, -0.05) is 18.9 Å². The number of hydrogen-bond acceptors (Lipinski definition) is 6. The Morgan fingerprint density at radius 1 is 1.18 bits per heavy atom. The number of nitrogens with one attached hydrogen (secondary N) is 1. The van der Waals surface area contributed by atoms with Gasteiger partial charge in [0.15, 0.2) is 0 Å². The average Bonchev–Trinajstić information content (AvgIpc) is 3.04. The highest BCUT2D eigenvalue weighted by Crippen LogP contribution is 2.37.